The molecule has 1 heterocycles. The molecule has 1 aliphatic carbocycles. The zero-order valence-corrected chi connectivity index (χ0v) is 9.33. The molecule has 1 saturated carbocycles. The smallest absolute Gasteiger partial charge is 0.326 e. The number of carboxylic acids is 1. The van der Waals surface area contributed by atoms with E-state index in [1.807, 2.05) is 20.8 Å². The van der Waals surface area contributed by atoms with Crippen LogP contribution in [0, 0.1) is 16.7 Å². The zero-order valence-electron chi connectivity index (χ0n) is 9.33. The summed E-state index contributed by atoms with van der Waals surface area (Å²) in [5.41, 5.74) is -0.623. The van der Waals surface area contributed by atoms with Crippen LogP contribution in [0.25, 0.3) is 0 Å². The quantitative estimate of drug-likeness (QED) is 0.680. The van der Waals surface area contributed by atoms with Crippen LogP contribution in [0.5, 0.6) is 0 Å². The summed E-state index contributed by atoms with van der Waals surface area (Å²) in [5.74, 6) is -0.961. The van der Waals surface area contributed by atoms with E-state index in [2.05, 4.69) is 5.32 Å². The van der Waals surface area contributed by atoms with Crippen molar-refractivity contribution in [1.29, 1.82) is 0 Å². The van der Waals surface area contributed by atoms with E-state index in [1.165, 1.54) is 0 Å². The minimum absolute atomic E-state index is 0.0534. The fourth-order valence-electron chi connectivity index (χ4n) is 3.16. The van der Waals surface area contributed by atoms with Gasteiger partial charge in [0.05, 0.1) is 5.41 Å². The molecule has 1 saturated heterocycles. The van der Waals surface area contributed by atoms with Crippen molar-refractivity contribution < 1.29 is 14.7 Å². The molecule has 0 spiro atoms. The maximum atomic E-state index is 11.9. The Labute approximate surface area is 89.0 Å². The zero-order chi connectivity index (χ0) is 11.4. The summed E-state index contributed by atoms with van der Waals surface area (Å²) in [4.78, 5) is 23.0. The van der Waals surface area contributed by atoms with Crippen molar-refractivity contribution in [2.24, 2.45) is 16.7 Å². The number of carbonyl (C=O) groups excluding carboxylic acids is 1. The number of hydrogen-bond donors (Lipinski definition) is 2. The third-order valence-electron chi connectivity index (χ3n) is 4.76. The lowest BCUT2D eigenvalue weighted by Crippen LogP contribution is -2.61. The summed E-state index contributed by atoms with van der Waals surface area (Å²) >= 11 is 0. The number of rotatable bonds is 1. The molecule has 84 valence electrons. The van der Waals surface area contributed by atoms with Gasteiger partial charge < -0.3 is 10.4 Å². The minimum Gasteiger partial charge on any atom is -0.480 e. The van der Waals surface area contributed by atoms with Crippen LogP contribution in [0.1, 0.15) is 33.6 Å². The molecule has 0 aromatic rings. The van der Waals surface area contributed by atoms with Crippen LogP contribution in [0.3, 0.4) is 0 Å². The van der Waals surface area contributed by atoms with Crippen LogP contribution in [-0.4, -0.2) is 23.0 Å². The van der Waals surface area contributed by atoms with E-state index < -0.39 is 17.4 Å². The highest BCUT2D eigenvalue weighted by Gasteiger charge is 2.62. The summed E-state index contributed by atoms with van der Waals surface area (Å²) in [6.07, 6.45) is 1.61. The van der Waals surface area contributed by atoms with Gasteiger partial charge in [-0.05, 0) is 24.2 Å². The van der Waals surface area contributed by atoms with Gasteiger partial charge in [0, 0.05) is 0 Å². The van der Waals surface area contributed by atoms with Crippen molar-refractivity contribution in [3.05, 3.63) is 0 Å². The molecule has 4 heteroatoms. The Morgan fingerprint density at radius 2 is 2.07 bits per heavy atom. The lowest BCUT2D eigenvalue weighted by atomic mass is 9.61. The molecule has 0 aromatic heterocycles. The summed E-state index contributed by atoms with van der Waals surface area (Å²) in [5, 5.41) is 11.7. The Kier molecular flexibility index (Phi) is 1.91. The number of piperidine rings is 1. The molecule has 1 aliphatic heterocycles. The second-order valence-electron chi connectivity index (χ2n) is 5.49. The van der Waals surface area contributed by atoms with E-state index in [4.69, 9.17) is 5.11 Å². The normalized spacial score (nSPS) is 42.5. The molecule has 1 amide bonds. The first-order valence-electron chi connectivity index (χ1n) is 5.34. The Morgan fingerprint density at radius 3 is 2.60 bits per heavy atom. The molecular formula is C11H17NO3. The van der Waals surface area contributed by atoms with Crippen molar-refractivity contribution in [2.75, 3.05) is 0 Å². The lowest BCUT2D eigenvalue weighted by Gasteiger charge is -2.47. The second kappa shape index (κ2) is 2.74. The molecule has 4 nitrogen and oxygen atoms in total. The van der Waals surface area contributed by atoms with E-state index in [0.717, 1.165) is 12.8 Å². The predicted molar refractivity (Wildman–Crippen MR) is 54.2 cm³/mol. The molecular weight excluding hydrogens is 194 g/mol. The van der Waals surface area contributed by atoms with Crippen molar-refractivity contribution in [3.8, 4) is 0 Å². The molecule has 2 fully saturated rings. The molecule has 2 rings (SSSR count). The molecule has 3 atom stereocenters. The largest absolute Gasteiger partial charge is 0.480 e. The Morgan fingerprint density at radius 1 is 1.47 bits per heavy atom. The van der Waals surface area contributed by atoms with Crippen molar-refractivity contribution in [3.63, 3.8) is 0 Å². The van der Waals surface area contributed by atoms with Gasteiger partial charge in [-0.15, -0.1) is 0 Å². The third-order valence-corrected chi connectivity index (χ3v) is 4.76. The molecule has 3 unspecified atom stereocenters. The molecule has 0 aromatic carbocycles. The van der Waals surface area contributed by atoms with Crippen molar-refractivity contribution in [1.82, 2.24) is 5.32 Å². The first-order valence-corrected chi connectivity index (χ1v) is 5.34. The van der Waals surface area contributed by atoms with Gasteiger partial charge in [0.2, 0.25) is 5.91 Å². The predicted octanol–water partition coefficient (Wildman–Crippen LogP) is 1.01. The molecule has 0 radical (unpaired) electrons. The van der Waals surface area contributed by atoms with Gasteiger partial charge in [0.15, 0.2) is 0 Å². The van der Waals surface area contributed by atoms with Gasteiger partial charge in [-0.2, -0.15) is 0 Å². The number of hydrogen-bond acceptors (Lipinski definition) is 2. The van der Waals surface area contributed by atoms with E-state index >= 15 is 0 Å². The van der Waals surface area contributed by atoms with Crippen molar-refractivity contribution >= 4 is 11.9 Å². The number of aliphatic carboxylic acids is 1. The highest BCUT2D eigenvalue weighted by Crippen LogP contribution is 2.59. The van der Waals surface area contributed by atoms with Crippen LogP contribution >= 0.6 is 0 Å². The number of carboxylic acid groups (broad SMARTS) is 1. The van der Waals surface area contributed by atoms with E-state index in [0.29, 0.717) is 0 Å². The maximum absolute atomic E-state index is 11.9. The maximum Gasteiger partial charge on any atom is 0.326 e. The SMILES string of the molecule is CC12CCC(C(C(=O)O)NC1=O)C2(C)C. The summed E-state index contributed by atoms with van der Waals surface area (Å²) < 4.78 is 0. The fourth-order valence-corrected chi connectivity index (χ4v) is 3.16. The molecule has 2 N–H and O–H groups in total. The average molecular weight is 211 g/mol. The van der Waals surface area contributed by atoms with Gasteiger partial charge >= 0.3 is 5.97 Å². The topological polar surface area (TPSA) is 66.4 Å². The van der Waals surface area contributed by atoms with Crippen LogP contribution in [0.15, 0.2) is 0 Å². The van der Waals surface area contributed by atoms with E-state index in [1.54, 1.807) is 0 Å². The van der Waals surface area contributed by atoms with Crippen molar-refractivity contribution in [2.45, 2.75) is 39.7 Å². The number of carbonyl (C=O) groups is 2. The van der Waals surface area contributed by atoms with Crippen LogP contribution < -0.4 is 5.32 Å². The molecule has 2 aliphatic rings. The molecule has 15 heavy (non-hydrogen) atoms. The van der Waals surface area contributed by atoms with Gasteiger partial charge in [-0.1, -0.05) is 20.8 Å². The monoisotopic (exact) mass is 211 g/mol. The molecule has 2 bridgehead atoms. The van der Waals surface area contributed by atoms with Gasteiger partial charge in [0.25, 0.3) is 0 Å². The van der Waals surface area contributed by atoms with Crippen LogP contribution in [0.4, 0.5) is 0 Å². The lowest BCUT2D eigenvalue weighted by molar-refractivity contribution is -0.154. The van der Waals surface area contributed by atoms with Gasteiger partial charge in [-0.3, -0.25) is 4.79 Å². The fraction of sp³-hybridized carbons (Fsp3) is 0.818. The van der Waals surface area contributed by atoms with Crippen LogP contribution in [0.2, 0.25) is 0 Å². The summed E-state index contributed by atoms with van der Waals surface area (Å²) in [7, 11) is 0. The summed E-state index contributed by atoms with van der Waals surface area (Å²) in [6, 6.07) is -0.705. The summed E-state index contributed by atoms with van der Waals surface area (Å²) in [6.45, 7) is 5.97. The Bertz CT molecular complexity index is 337. The van der Waals surface area contributed by atoms with Crippen LogP contribution in [-0.2, 0) is 9.59 Å². The Hall–Kier alpha value is -1.06. The standard InChI is InChI=1S/C11H17NO3/c1-10(2)6-4-5-11(10,3)9(15)12-7(6)8(13)14/h6-7H,4-5H2,1-3H3,(H,12,15)(H,13,14). The third kappa shape index (κ3) is 1.08. The van der Waals surface area contributed by atoms with E-state index in [-0.39, 0.29) is 17.2 Å². The highest BCUT2D eigenvalue weighted by molar-refractivity contribution is 5.90. The first kappa shape index (κ1) is 10.5. The Balaban J connectivity index is 2.44. The number of fused-ring (bicyclic) bond motifs is 2. The van der Waals surface area contributed by atoms with Gasteiger partial charge in [-0.25, -0.2) is 4.79 Å². The first-order chi connectivity index (χ1) is 6.80. The van der Waals surface area contributed by atoms with Gasteiger partial charge in [0.1, 0.15) is 6.04 Å². The number of amides is 1. The highest BCUT2D eigenvalue weighted by atomic mass is 16.4. The number of nitrogens with one attached hydrogen (secondary N) is 1. The minimum atomic E-state index is -0.912. The second-order valence-corrected chi connectivity index (χ2v) is 5.49. The van der Waals surface area contributed by atoms with E-state index in [9.17, 15) is 9.59 Å². The average Bonchev–Trinajstić information content (AvgIpc) is 2.29.